The molecule has 1 aromatic heterocycles. The average Bonchev–Trinajstić information content (AvgIpc) is 2.71. The lowest BCUT2D eigenvalue weighted by Crippen LogP contribution is -2.23. The monoisotopic (exact) mass is 251 g/mol. The Morgan fingerprint density at radius 3 is 3.00 bits per heavy atom. The second kappa shape index (κ2) is 4.76. The Bertz CT molecular complexity index is 519. The fourth-order valence-corrected chi connectivity index (χ4v) is 2.46. The summed E-state index contributed by atoms with van der Waals surface area (Å²) in [5, 5.41) is 7.79. The summed E-state index contributed by atoms with van der Waals surface area (Å²) in [6.45, 7) is 2.12. The smallest absolute Gasteiger partial charge is 0.170 e. The van der Waals surface area contributed by atoms with Crippen molar-refractivity contribution in [2.24, 2.45) is 0 Å². The van der Waals surface area contributed by atoms with Gasteiger partial charge in [-0.2, -0.15) is 0 Å². The van der Waals surface area contributed by atoms with Gasteiger partial charge in [-0.05, 0) is 36.8 Å². The summed E-state index contributed by atoms with van der Waals surface area (Å²) >= 11 is 6.78. The van der Waals surface area contributed by atoms with Crippen molar-refractivity contribution in [1.82, 2.24) is 10.3 Å². The molecule has 1 heterocycles. The summed E-state index contributed by atoms with van der Waals surface area (Å²) in [6, 6.07) is 6.09. The number of rotatable bonds is 2. The quantitative estimate of drug-likeness (QED) is 0.805. The summed E-state index contributed by atoms with van der Waals surface area (Å²) < 4.78 is 1.20. The van der Waals surface area contributed by atoms with Crippen LogP contribution in [0.1, 0.15) is 11.9 Å². The highest BCUT2D eigenvalue weighted by atomic mass is 32.1. The molecule has 16 heavy (non-hydrogen) atoms. The Morgan fingerprint density at radius 1 is 1.50 bits per heavy atom. The molecule has 0 bridgehead atoms. The summed E-state index contributed by atoms with van der Waals surface area (Å²) in [7, 11) is 1.80. The average molecular weight is 251 g/mol. The molecule has 0 saturated carbocycles. The summed E-state index contributed by atoms with van der Waals surface area (Å²) in [5.41, 5.74) is 2.06. The van der Waals surface area contributed by atoms with Gasteiger partial charge in [-0.1, -0.05) is 6.92 Å². The van der Waals surface area contributed by atoms with Crippen molar-refractivity contribution < 1.29 is 0 Å². The third-order valence-corrected chi connectivity index (χ3v) is 3.69. The zero-order valence-electron chi connectivity index (χ0n) is 9.20. The van der Waals surface area contributed by atoms with Crippen LogP contribution in [0, 0.1) is 0 Å². The normalized spacial score (nSPS) is 10.4. The number of nitrogens with one attached hydrogen (secondary N) is 2. The van der Waals surface area contributed by atoms with Crippen LogP contribution in [-0.4, -0.2) is 17.1 Å². The summed E-state index contributed by atoms with van der Waals surface area (Å²) in [6.07, 6.45) is 0.983. The molecule has 0 radical (unpaired) electrons. The van der Waals surface area contributed by atoms with E-state index in [1.54, 1.807) is 18.4 Å². The minimum absolute atomic E-state index is 0.625. The van der Waals surface area contributed by atoms with Crippen LogP contribution in [0.25, 0.3) is 10.2 Å². The third kappa shape index (κ3) is 2.31. The molecule has 0 saturated heterocycles. The largest absolute Gasteiger partial charge is 0.366 e. The zero-order chi connectivity index (χ0) is 11.5. The van der Waals surface area contributed by atoms with Crippen LogP contribution in [0.5, 0.6) is 0 Å². The van der Waals surface area contributed by atoms with E-state index in [2.05, 4.69) is 28.6 Å². The molecule has 0 amide bonds. The van der Waals surface area contributed by atoms with E-state index in [0.717, 1.165) is 17.6 Å². The Labute approximate surface area is 104 Å². The van der Waals surface area contributed by atoms with Gasteiger partial charge in [0.05, 0.1) is 15.2 Å². The Kier molecular flexibility index (Phi) is 3.36. The van der Waals surface area contributed by atoms with E-state index < -0.39 is 0 Å². The number of thiocarbonyl (C=S) groups is 1. The van der Waals surface area contributed by atoms with E-state index in [1.807, 2.05) is 12.1 Å². The molecule has 2 aromatic rings. The molecule has 0 aliphatic heterocycles. The second-order valence-corrected chi connectivity index (χ2v) is 4.87. The Hall–Kier alpha value is -1.20. The number of thiazole rings is 1. The van der Waals surface area contributed by atoms with Crippen LogP contribution in [0.4, 0.5) is 5.69 Å². The summed E-state index contributed by atoms with van der Waals surface area (Å²) in [4.78, 5) is 4.51. The van der Waals surface area contributed by atoms with Gasteiger partial charge in [-0.3, -0.25) is 0 Å². The van der Waals surface area contributed by atoms with Gasteiger partial charge in [0.25, 0.3) is 0 Å². The molecule has 2 N–H and O–H groups in total. The molecule has 0 unspecified atom stereocenters. The van der Waals surface area contributed by atoms with Crippen molar-refractivity contribution in [3.05, 3.63) is 23.2 Å². The topological polar surface area (TPSA) is 37.0 Å². The van der Waals surface area contributed by atoms with Gasteiger partial charge in [0.2, 0.25) is 0 Å². The molecular formula is C11H13N3S2. The highest BCUT2D eigenvalue weighted by Crippen LogP contribution is 2.25. The number of fused-ring (bicyclic) bond motifs is 1. The van der Waals surface area contributed by atoms with Crippen molar-refractivity contribution in [3.63, 3.8) is 0 Å². The lowest BCUT2D eigenvalue weighted by molar-refractivity contribution is 1.11. The fraction of sp³-hybridized carbons (Fsp3) is 0.273. The minimum Gasteiger partial charge on any atom is -0.366 e. The standard InChI is InChI=1S/C11H13N3S2/c1-3-10-14-8-5-4-7(6-9(8)16-10)13-11(15)12-2/h4-6H,3H2,1-2H3,(H2,12,13,15). The molecule has 0 atom stereocenters. The van der Waals surface area contributed by atoms with Crippen LogP contribution in [0.2, 0.25) is 0 Å². The SMILES string of the molecule is CCc1nc2ccc(NC(=S)NC)cc2s1. The maximum absolute atomic E-state index is 5.05. The van der Waals surface area contributed by atoms with Gasteiger partial charge in [-0.15, -0.1) is 11.3 Å². The van der Waals surface area contributed by atoms with Gasteiger partial charge in [0.1, 0.15) is 0 Å². The molecule has 0 aliphatic carbocycles. The number of benzene rings is 1. The van der Waals surface area contributed by atoms with Gasteiger partial charge < -0.3 is 10.6 Å². The molecule has 84 valence electrons. The number of hydrogen-bond donors (Lipinski definition) is 2. The van der Waals surface area contributed by atoms with Gasteiger partial charge in [0.15, 0.2) is 5.11 Å². The Balaban J connectivity index is 2.32. The van der Waals surface area contributed by atoms with E-state index in [1.165, 1.54) is 9.71 Å². The van der Waals surface area contributed by atoms with Gasteiger partial charge >= 0.3 is 0 Å². The van der Waals surface area contributed by atoms with Crippen LogP contribution in [0.15, 0.2) is 18.2 Å². The van der Waals surface area contributed by atoms with Crippen molar-refractivity contribution >= 4 is 44.6 Å². The number of aryl methyl sites for hydroxylation is 1. The first-order valence-electron chi connectivity index (χ1n) is 5.11. The maximum Gasteiger partial charge on any atom is 0.170 e. The predicted octanol–water partition coefficient (Wildman–Crippen LogP) is 2.77. The summed E-state index contributed by atoms with van der Waals surface area (Å²) in [5.74, 6) is 0. The van der Waals surface area contributed by atoms with Crippen LogP contribution in [0.3, 0.4) is 0 Å². The van der Waals surface area contributed by atoms with Crippen LogP contribution < -0.4 is 10.6 Å². The predicted molar refractivity (Wildman–Crippen MR) is 74.3 cm³/mol. The highest BCUT2D eigenvalue weighted by molar-refractivity contribution is 7.80. The molecule has 3 nitrogen and oxygen atoms in total. The first kappa shape index (κ1) is 11.3. The van der Waals surface area contributed by atoms with Crippen molar-refractivity contribution in [3.8, 4) is 0 Å². The number of nitrogens with zero attached hydrogens (tertiary/aromatic N) is 1. The first-order chi connectivity index (χ1) is 7.72. The van der Waals surface area contributed by atoms with Gasteiger partial charge in [0, 0.05) is 12.7 Å². The maximum atomic E-state index is 5.05. The number of anilines is 1. The molecule has 0 fully saturated rings. The van der Waals surface area contributed by atoms with E-state index >= 15 is 0 Å². The zero-order valence-corrected chi connectivity index (χ0v) is 10.8. The van der Waals surface area contributed by atoms with E-state index in [9.17, 15) is 0 Å². The number of hydrogen-bond acceptors (Lipinski definition) is 3. The molecule has 0 spiro atoms. The van der Waals surface area contributed by atoms with Crippen LogP contribution in [-0.2, 0) is 6.42 Å². The lowest BCUT2D eigenvalue weighted by atomic mass is 10.3. The van der Waals surface area contributed by atoms with E-state index in [4.69, 9.17) is 12.2 Å². The highest BCUT2D eigenvalue weighted by Gasteiger charge is 2.03. The lowest BCUT2D eigenvalue weighted by Gasteiger charge is -2.06. The first-order valence-corrected chi connectivity index (χ1v) is 6.33. The van der Waals surface area contributed by atoms with E-state index in [-0.39, 0.29) is 0 Å². The second-order valence-electron chi connectivity index (χ2n) is 3.35. The fourth-order valence-electron chi connectivity index (χ4n) is 1.39. The third-order valence-electron chi connectivity index (χ3n) is 2.22. The molecule has 5 heteroatoms. The van der Waals surface area contributed by atoms with Crippen molar-refractivity contribution in [2.45, 2.75) is 13.3 Å². The van der Waals surface area contributed by atoms with Crippen molar-refractivity contribution in [1.29, 1.82) is 0 Å². The van der Waals surface area contributed by atoms with E-state index in [0.29, 0.717) is 5.11 Å². The van der Waals surface area contributed by atoms with Gasteiger partial charge in [-0.25, -0.2) is 4.98 Å². The minimum atomic E-state index is 0.625. The van der Waals surface area contributed by atoms with Crippen molar-refractivity contribution in [2.75, 3.05) is 12.4 Å². The van der Waals surface area contributed by atoms with Crippen LogP contribution >= 0.6 is 23.6 Å². The molecular weight excluding hydrogens is 238 g/mol. The molecule has 1 aromatic carbocycles. The number of aromatic nitrogens is 1. The molecule has 0 aliphatic rings. The Morgan fingerprint density at radius 2 is 2.31 bits per heavy atom. The molecule has 2 rings (SSSR count).